The third kappa shape index (κ3) is 2.69. The third-order valence-corrected chi connectivity index (χ3v) is 3.29. The predicted molar refractivity (Wildman–Crippen MR) is 85.9 cm³/mol. The second-order valence-electron chi connectivity index (χ2n) is 4.73. The van der Waals surface area contributed by atoms with Crippen LogP contribution in [0, 0.1) is 0 Å². The maximum absolute atomic E-state index is 12.0. The molecule has 0 amide bonds. The van der Waals surface area contributed by atoms with Crippen molar-refractivity contribution in [2.24, 2.45) is 0 Å². The lowest BCUT2D eigenvalue weighted by Gasteiger charge is -2.03. The van der Waals surface area contributed by atoms with Gasteiger partial charge in [0.25, 0.3) is 5.56 Å². The lowest BCUT2D eigenvalue weighted by Crippen LogP contribution is -2.09. The van der Waals surface area contributed by atoms with Crippen molar-refractivity contribution in [2.45, 2.75) is 0 Å². The van der Waals surface area contributed by atoms with Crippen molar-refractivity contribution < 1.29 is 9.84 Å². The summed E-state index contributed by atoms with van der Waals surface area (Å²) < 4.78 is 5.07. The summed E-state index contributed by atoms with van der Waals surface area (Å²) in [4.78, 5) is 18.9. The maximum Gasteiger partial charge on any atom is 0.259 e. The number of aromatic nitrogens is 2. The molecule has 110 valence electrons. The minimum Gasteiger partial charge on any atom is -0.507 e. The highest BCUT2D eigenvalue weighted by Gasteiger charge is 2.04. The zero-order chi connectivity index (χ0) is 15.5. The summed E-state index contributed by atoms with van der Waals surface area (Å²) in [7, 11) is 1.58. The SMILES string of the molecule is COc1ccc(/C(O)=C/c2nc3ccccc3c(=O)[nH]2)cc1. The van der Waals surface area contributed by atoms with Gasteiger partial charge in [0.15, 0.2) is 0 Å². The fourth-order valence-corrected chi connectivity index (χ4v) is 2.15. The molecule has 3 rings (SSSR count). The lowest BCUT2D eigenvalue weighted by atomic mass is 10.1. The van der Waals surface area contributed by atoms with E-state index in [2.05, 4.69) is 9.97 Å². The fraction of sp³-hybridized carbons (Fsp3) is 0.0588. The number of aliphatic hydroxyl groups is 1. The van der Waals surface area contributed by atoms with Gasteiger partial charge in [-0.2, -0.15) is 0 Å². The van der Waals surface area contributed by atoms with E-state index in [1.54, 1.807) is 49.6 Å². The highest BCUT2D eigenvalue weighted by Crippen LogP contribution is 2.18. The zero-order valence-electron chi connectivity index (χ0n) is 11.9. The van der Waals surface area contributed by atoms with Crippen molar-refractivity contribution in [3.8, 4) is 5.75 Å². The number of H-pyrrole nitrogens is 1. The Hall–Kier alpha value is -3.08. The summed E-state index contributed by atoms with van der Waals surface area (Å²) in [6, 6.07) is 14.0. The first kappa shape index (κ1) is 13.9. The van der Waals surface area contributed by atoms with Crippen molar-refractivity contribution in [1.29, 1.82) is 0 Å². The van der Waals surface area contributed by atoms with E-state index < -0.39 is 0 Å². The molecule has 0 aliphatic carbocycles. The molecule has 2 aromatic carbocycles. The molecule has 0 aliphatic rings. The molecule has 0 radical (unpaired) electrons. The Morgan fingerprint density at radius 2 is 1.91 bits per heavy atom. The van der Waals surface area contributed by atoms with Gasteiger partial charge in [0.1, 0.15) is 17.3 Å². The third-order valence-electron chi connectivity index (χ3n) is 3.29. The van der Waals surface area contributed by atoms with Gasteiger partial charge in [0.05, 0.1) is 18.0 Å². The quantitative estimate of drug-likeness (QED) is 0.728. The Morgan fingerprint density at radius 1 is 1.18 bits per heavy atom. The summed E-state index contributed by atoms with van der Waals surface area (Å²) in [6.07, 6.45) is 1.43. The van der Waals surface area contributed by atoms with Gasteiger partial charge >= 0.3 is 0 Å². The van der Waals surface area contributed by atoms with Crippen molar-refractivity contribution in [3.05, 3.63) is 70.3 Å². The van der Waals surface area contributed by atoms with Gasteiger partial charge in [-0.3, -0.25) is 4.79 Å². The van der Waals surface area contributed by atoms with Crippen LogP contribution in [-0.4, -0.2) is 22.2 Å². The predicted octanol–water partition coefficient (Wildman–Crippen LogP) is 2.99. The summed E-state index contributed by atoms with van der Waals surface area (Å²) in [5.74, 6) is 1.02. The van der Waals surface area contributed by atoms with Crippen molar-refractivity contribution >= 4 is 22.7 Å². The largest absolute Gasteiger partial charge is 0.507 e. The molecule has 3 aromatic rings. The summed E-state index contributed by atoms with van der Waals surface area (Å²) in [5, 5.41) is 10.7. The molecule has 0 aliphatic heterocycles. The van der Waals surface area contributed by atoms with E-state index in [1.807, 2.05) is 6.07 Å². The van der Waals surface area contributed by atoms with Crippen LogP contribution in [0.4, 0.5) is 0 Å². The molecule has 0 fully saturated rings. The van der Waals surface area contributed by atoms with E-state index in [1.165, 1.54) is 6.08 Å². The van der Waals surface area contributed by atoms with Crippen LogP contribution in [0.3, 0.4) is 0 Å². The van der Waals surface area contributed by atoms with Gasteiger partial charge in [0, 0.05) is 11.6 Å². The number of rotatable bonds is 3. The van der Waals surface area contributed by atoms with Crippen molar-refractivity contribution in [2.75, 3.05) is 7.11 Å². The highest BCUT2D eigenvalue weighted by molar-refractivity contribution is 5.80. The normalized spacial score (nSPS) is 11.6. The molecular weight excluding hydrogens is 280 g/mol. The van der Waals surface area contributed by atoms with E-state index in [9.17, 15) is 9.90 Å². The van der Waals surface area contributed by atoms with E-state index in [0.29, 0.717) is 28.0 Å². The van der Waals surface area contributed by atoms with E-state index in [4.69, 9.17) is 4.74 Å². The second-order valence-corrected chi connectivity index (χ2v) is 4.73. The van der Waals surface area contributed by atoms with Crippen LogP contribution in [0.15, 0.2) is 53.3 Å². The van der Waals surface area contributed by atoms with Crippen LogP contribution < -0.4 is 10.3 Å². The van der Waals surface area contributed by atoms with Crippen LogP contribution in [0.25, 0.3) is 22.7 Å². The number of hydrogen-bond donors (Lipinski definition) is 2. The molecule has 5 heteroatoms. The van der Waals surface area contributed by atoms with Crippen molar-refractivity contribution in [3.63, 3.8) is 0 Å². The average molecular weight is 294 g/mol. The molecule has 0 bridgehead atoms. The number of methoxy groups -OCH3 is 1. The molecular formula is C17H14N2O3. The minimum atomic E-state index is -0.237. The van der Waals surface area contributed by atoms with Crippen LogP contribution >= 0.6 is 0 Å². The first-order valence-corrected chi connectivity index (χ1v) is 6.71. The Balaban J connectivity index is 2.01. The number of ether oxygens (including phenoxy) is 1. The summed E-state index contributed by atoms with van der Waals surface area (Å²) in [5.41, 5.74) is 0.955. The molecule has 2 N–H and O–H groups in total. The molecule has 0 unspecified atom stereocenters. The molecule has 5 nitrogen and oxygen atoms in total. The van der Waals surface area contributed by atoms with E-state index in [-0.39, 0.29) is 11.3 Å². The van der Waals surface area contributed by atoms with Crippen LogP contribution in [0.5, 0.6) is 5.75 Å². The van der Waals surface area contributed by atoms with Crippen LogP contribution in [-0.2, 0) is 0 Å². The minimum absolute atomic E-state index is 0.0149. The summed E-state index contributed by atoms with van der Waals surface area (Å²) in [6.45, 7) is 0. The van der Waals surface area contributed by atoms with Crippen molar-refractivity contribution in [1.82, 2.24) is 9.97 Å². The van der Waals surface area contributed by atoms with Crippen LogP contribution in [0.1, 0.15) is 11.4 Å². The number of para-hydroxylation sites is 1. The molecule has 0 atom stereocenters. The smallest absolute Gasteiger partial charge is 0.259 e. The Labute approximate surface area is 126 Å². The van der Waals surface area contributed by atoms with Gasteiger partial charge in [-0.15, -0.1) is 0 Å². The lowest BCUT2D eigenvalue weighted by molar-refractivity contribution is 0.414. The van der Waals surface area contributed by atoms with Gasteiger partial charge in [0.2, 0.25) is 0 Å². The molecule has 0 spiro atoms. The van der Waals surface area contributed by atoms with Gasteiger partial charge in [-0.1, -0.05) is 12.1 Å². The van der Waals surface area contributed by atoms with Gasteiger partial charge in [-0.05, 0) is 36.4 Å². The highest BCUT2D eigenvalue weighted by atomic mass is 16.5. The molecule has 0 saturated heterocycles. The second kappa shape index (κ2) is 5.73. The van der Waals surface area contributed by atoms with Gasteiger partial charge < -0.3 is 14.8 Å². The maximum atomic E-state index is 12.0. The monoisotopic (exact) mass is 294 g/mol. The molecule has 1 heterocycles. The zero-order valence-corrected chi connectivity index (χ0v) is 11.9. The number of nitrogens with zero attached hydrogens (tertiary/aromatic N) is 1. The van der Waals surface area contributed by atoms with E-state index >= 15 is 0 Å². The standard InChI is InChI=1S/C17H14N2O3/c1-22-12-8-6-11(7-9-12)15(20)10-16-18-14-5-3-2-4-13(14)17(21)19-16/h2-10,20H,1H3,(H,18,19,21)/b15-10-. The topological polar surface area (TPSA) is 75.2 Å². The Kier molecular flexibility index (Phi) is 3.62. The Bertz CT molecular complexity index is 896. The van der Waals surface area contributed by atoms with Crippen LogP contribution in [0.2, 0.25) is 0 Å². The number of nitrogens with one attached hydrogen (secondary N) is 1. The summed E-state index contributed by atoms with van der Waals surface area (Å²) >= 11 is 0. The number of fused-ring (bicyclic) bond motifs is 1. The molecule has 22 heavy (non-hydrogen) atoms. The first-order chi connectivity index (χ1) is 10.7. The number of aliphatic hydroxyl groups excluding tert-OH is 1. The number of hydrogen-bond acceptors (Lipinski definition) is 4. The fourth-order valence-electron chi connectivity index (χ4n) is 2.15. The van der Waals surface area contributed by atoms with E-state index in [0.717, 1.165) is 0 Å². The molecule has 0 saturated carbocycles. The molecule has 1 aromatic heterocycles. The Morgan fingerprint density at radius 3 is 2.64 bits per heavy atom. The number of benzene rings is 2. The van der Waals surface area contributed by atoms with Gasteiger partial charge in [-0.25, -0.2) is 4.98 Å². The first-order valence-electron chi connectivity index (χ1n) is 6.71. The average Bonchev–Trinajstić information content (AvgIpc) is 2.55. The number of aromatic amines is 1.